The third-order valence-corrected chi connectivity index (χ3v) is 6.64. The lowest BCUT2D eigenvalue weighted by atomic mass is 10.2. The van der Waals surface area contributed by atoms with Gasteiger partial charge in [-0.2, -0.15) is 8.75 Å². The number of hydrogen-bond donors (Lipinski definition) is 0. The molecule has 1 aromatic heterocycles. The highest BCUT2D eigenvalue weighted by Crippen LogP contribution is 2.28. The monoisotopic (exact) mass is 373 g/mol. The second-order valence-electron chi connectivity index (χ2n) is 5.88. The van der Waals surface area contributed by atoms with E-state index in [2.05, 4.69) is 8.75 Å². The van der Waals surface area contributed by atoms with Crippen LogP contribution in [0.5, 0.6) is 0 Å². The third kappa shape index (κ3) is 2.91. The van der Waals surface area contributed by atoms with Gasteiger partial charge >= 0.3 is 0 Å². The van der Waals surface area contributed by atoms with Crippen LogP contribution >= 0.6 is 11.7 Å². The van der Waals surface area contributed by atoms with E-state index in [-0.39, 0.29) is 23.0 Å². The van der Waals surface area contributed by atoms with Crippen molar-refractivity contribution < 1.29 is 13.2 Å². The van der Waals surface area contributed by atoms with Gasteiger partial charge in [-0.3, -0.25) is 4.79 Å². The fourth-order valence-electron chi connectivity index (χ4n) is 3.10. The molecule has 0 radical (unpaired) electrons. The van der Waals surface area contributed by atoms with E-state index in [0.717, 1.165) is 29.4 Å². The lowest BCUT2D eigenvalue weighted by molar-refractivity contribution is -0.118. The van der Waals surface area contributed by atoms with Crippen LogP contribution in [0.1, 0.15) is 12.0 Å². The number of sulfone groups is 1. The summed E-state index contributed by atoms with van der Waals surface area (Å²) in [6.07, 6.45) is 0.753. The molecule has 1 amide bonds. The highest BCUT2D eigenvalue weighted by Gasteiger charge is 2.26. The molecule has 4 rings (SSSR count). The Morgan fingerprint density at radius 2 is 1.96 bits per heavy atom. The number of aromatic nitrogens is 2. The smallest absolute Gasteiger partial charge is 0.228 e. The van der Waals surface area contributed by atoms with Gasteiger partial charge in [0.05, 0.1) is 22.4 Å². The summed E-state index contributed by atoms with van der Waals surface area (Å²) in [5.74, 6) is -0.404. The third-order valence-electron chi connectivity index (χ3n) is 4.36. The molecule has 0 bridgehead atoms. The first-order valence-electron chi connectivity index (χ1n) is 7.88. The standard InChI is InChI=1S/C17H15N3O3S2/c21-16(20-10-8-12-4-1-2-6-14(12)20)9-11-25(22,23)15-7-3-5-13-17(15)19-24-18-13/h1-7H,8-11H2. The van der Waals surface area contributed by atoms with Gasteiger partial charge in [-0.1, -0.05) is 24.3 Å². The molecule has 0 N–H and O–H groups in total. The molecule has 0 spiro atoms. The number of benzene rings is 2. The Balaban J connectivity index is 1.53. The van der Waals surface area contributed by atoms with E-state index in [4.69, 9.17) is 0 Å². The minimum absolute atomic E-state index is 0.0510. The number of fused-ring (bicyclic) bond motifs is 2. The van der Waals surface area contributed by atoms with Gasteiger partial charge in [0, 0.05) is 18.7 Å². The maximum Gasteiger partial charge on any atom is 0.228 e. The van der Waals surface area contributed by atoms with Gasteiger partial charge in [-0.15, -0.1) is 0 Å². The predicted octanol–water partition coefficient (Wildman–Crippen LogP) is 2.44. The minimum Gasteiger partial charge on any atom is -0.312 e. The molecule has 128 valence electrons. The molecule has 0 aliphatic carbocycles. The zero-order valence-corrected chi connectivity index (χ0v) is 14.9. The first kappa shape index (κ1) is 16.2. The Hall–Kier alpha value is -2.32. The van der Waals surface area contributed by atoms with Crippen molar-refractivity contribution in [3.63, 3.8) is 0 Å². The number of carbonyl (C=O) groups is 1. The summed E-state index contributed by atoms with van der Waals surface area (Å²) in [6.45, 7) is 0.601. The molecule has 2 heterocycles. The summed E-state index contributed by atoms with van der Waals surface area (Å²) in [6, 6.07) is 12.6. The summed E-state index contributed by atoms with van der Waals surface area (Å²) >= 11 is 0.981. The van der Waals surface area contributed by atoms with E-state index in [1.54, 1.807) is 17.0 Å². The van der Waals surface area contributed by atoms with Crippen molar-refractivity contribution in [3.05, 3.63) is 48.0 Å². The summed E-state index contributed by atoms with van der Waals surface area (Å²) in [5.41, 5.74) is 2.95. The van der Waals surface area contributed by atoms with Crippen molar-refractivity contribution in [1.82, 2.24) is 8.75 Å². The molecule has 2 aromatic carbocycles. The summed E-state index contributed by atoms with van der Waals surface area (Å²) in [7, 11) is -3.60. The van der Waals surface area contributed by atoms with Crippen LogP contribution < -0.4 is 4.90 Å². The molecule has 1 aliphatic rings. The second-order valence-corrected chi connectivity index (χ2v) is 8.49. The predicted molar refractivity (Wildman–Crippen MR) is 96.6 cm³/mol. The number of hydrogen-bond acceptors (Lipinski definition) is 6. The Kier molecular flexibility index (Phi) is 4.01. The fourth-order valence-corrected chi connectivity index (χ4v) is 5.10. The average molecular weight is 373 g/mol. The van der Waals surface area contributed by atoms with E-state index in [9.17, 15) is 13.2 Å². The average Bonchev–Trinajstić information content (AvgIpc) is 3.26. The fraction of sp³-hybridized carbons (Fsp3) is 0.235. The van der Waals surface area contributed by atoms with Gasteiger partial charge in [-0.25, -0.2) is 8.42 Å². The first-order valence-corrected chi connectivity index (χ1v) is 10.3. The Bertz CT molecular complexity index is 1060. The first-order chi connectivity index (χ1) is 12.1. The van der Waals surface area contributed by atoms with E-state index in [1.807, 2.05) is 24.3 Å². The van der Waals surface area contributed by atoms with E-state index in [0.29, 0.717) is 17.6 Å². The van der Waals surface area contributed by atoms with Crippen molar-refractivity contribution in [2.24, 2.45) is 0 Å². The molecule has 0 saturated carbocycles. The van der Waals surface area contributed by atoms with Crippen LogP contribution in [-0.4, -0.2) is 35.4 Å². The minimum atomic E-state index is -3.60. The number of para-hydroxylation sites is 1. The summed E-state index contributed by atoms with van der Waals surface area (Å²) in [5, 5.41) is 0. The van der Waals surface area contributed by atoms with Crippen molar-refractivity contribution in [1.29, 1.82) is 0 Å². The van der Waals surface area contributed by atoms with Crippen LogP contribution in [0.3, 0.4) is 0 Å². The molecule has 0 fully saturated rings. The van der Waals surface area contributed by atoms with E-state index in [1.165, 1.54) is 6.07 Å². The molecular weight excluding hydrogens is 358 g/mol. The summed E-state index contributed by atoms with van der Waals surface area (Å²) in [4.78, 5) is 14.4. The zero-order chi connectivity index (χ0) is 17.4. The van der Waals surface area contributed by atoms with Crippen LogP contribution in [0.15, 0.2) is 47.4 Å². The van der Waals surface area contributed by atoms with Crippen molar-refractivity contribution in [2.45, 2.75) is 17.7 Å². The number of nitrogens with zero attached hydrogens (tertiary/aromatic N) is 3. The Morgan fingerprint density at radius 1 is 1.12 bits per heavy atom. The number of rotatable bonds is 4. The van der Waals surface area contributed by atoms with Crippen molar-refractivity contribution >= 4 is 44.2 Å². The van der Waals surface area contributed by atoms with Crippen LogP contribution in [-0.2, 0) is 21.1 Å². The maximum absolute atomic E-state index is 12.7. The quantitative estimate of drug-likeness (QED) is 0.702. The van der Waals surface area contributed by atoms with Gasteiger partial charge in [-0.05, 0) is 30.2 Å². The topological polar surface area (TPSA) is 80.2 Å². The van der Waals surface area contributed by atoms with E-state index < -0.39 is 9.84 Å². The lowest BCUT2D eigenvalue weighted by Crippen LogP contribution is -2.30. The van der Waals surface area contributed by atoms with Crippen LogP contribution in [0.4, 0.5) is 5.69 Å². The summed E-state index contributed by atoms with van der Waals surface area (Å²) < 4.78 is 33.5. The second kappa shape index (κ2) is 6.20. The number of anilines is 1. The molecular formula is C17H15N3O3S2. The highest BCUT2D eigenvalue weighted by atomic mass is 32.2. The maximum atomic E-state index is 12.7. The SMILES string of the molecule is O=C(CCS(=O)(=O)c1cccc2nsnc12)N1CCc2ccccc21. The van der Waals surface area contributed by atoms with Gasteiger partial charge in [0.15, 0.2) is 9.84 Å². The van der Waals surface area contributed by atoms with Gasteiger partial charge < -0.3 is 4.90 Å². The molecule has 1 aliphatic heterocycles. The van der Waals surface area contributed by atoms with Crippen molar-refractivity contribution in [2.75, 3.05) is 17.2 Å². The lowest BCUT2D eigenvalue weighted by Gasteiger charge is -2.17. The molecule has 0 unspecified atom stereocenters. The zero-order valence-electron chi connectivity index (χ0n) is 13.3. The molecule has 25 heavy (non-hydrogen) atoms. The highest BCUT2D eigenvalue weighted by molar-refractivity contribution is 7.91. The number of carbonyl (C=O) groups excluding carboxylic acids is 1. The normalized spacial score (nSPS) is 14.0. The van der Waals surface area contributed by atoms with Gasteiger partial charge in [0.25, 0.3) is 0 Å². The van der Waals surface area contributed by atoms with Gasteiger partial charge in [0.2, 0.25) is 5.91 Å². The Labute approximate surface area is 149 Å². The molecule has 6 nitrogen and oxygen atoms in total. The van der Waals surface area contributed by atoms with E-state index >= 15 is 0 Å². The largest absolute Gasteiger partial charge is 0.312 e. The van der Waals surface area contributed by atoms with Gasteiger partial charge in [0.1, 0.15) is 11.0 Å². The molecule has 8 heteroatoms. The van der Waals surface area contributed by atoms with Crippen LogP contribution in [0, 0.1) is 0 Å². The molecule has 0 atom stereocenters. The van der Waals surface area contributed by atoms with Crippen LogP contribution in [0.25, 0.3) is 11.0 Å². The van der Waals surface area contributed by atoms with Crippen molar-refractivity contribution in [3.8, 4) is 0 Å². The molecule has 3 aromatic rings. The molecule has 0 saturated heterocycles. The number of amides is 1. The van der Waals surface area contributed by atoms with Crippen LogP contribution in [0.2, 0.25) is 0 Å². The Morgan fingerprint density at radius 3 is 2.84 bits per heavy atom.